The van der Waals surface area contributed by atoms with Gasteiger partial charge in [-0.3, -0.25) is 0 Å². The summed E-state index contributed by atoms with van der Waals surface area (Å²) in [6.07, 6.45) is 5.92. The maximum absolute atomic E-state index is 13.2. The molecule has 0 radical (unpaired) electrons. The highest BCUT2D eigenvalue weighted by Gasteiger charge is 2.09. The summed E-state index contributed by atoms with van der Waals surface area (Å²) in [6, 6.07) is 4.67. The van der Waals surface area contributed by atoms with Crippen LogP contribution in [0.2, 0.25) is 0 Å². The van der Waals surface area contributed by atoms with E-state index in [1.165, 1.54) is 25.3 Å². The molecule has 0 aromatic heterocycles. The fraction of sp³-hybridized carbons (Fsp3) is 0.571. The lowest BCUT2D eigenvalue weighted by Gasteiger charge is -2.16. The molecule has 0 aliphatic rings. The highest BCUT2D eigenvalue weighted by atomic mass is 19.1. The van der Waals surface area contributed by atoms with Gasteiger partial charge in [0.15, 0.2) is 0 Å². The summed E-state index contributed by atoms with van der Waals surface area (Å²) in [4.78, 5) is 0. The number of benzene rings is 1. The molecule has 1 atom stereocenters. The van der Waals surface area contributed by atoms with Crippen molar-refractivity contribution < 1.29 is 9.13 Å². The molecule has 1 aromatic carbocycles. The van der Waals surface area contributed by atoms with Crippen molar-refractivity contribution in [3.8, 4) is 5.75 Å². The van der Waals surface area contributed by atoms with Gasteiger partial charge in [-0.15, -0.1) is 0 Å². The van der Waals surface area contributed by atoms with Crippen molar-refractivity contribution in [3.63, 3.8) is 0 Å². The third-order valence-corrected chi connectivity index (χ3v) is 2.81. The standard InChI is InChI=1S/C14H22FNO/c1-3-4-5-6-8-11(2)17-13-10-7-9-12(15)14(13)16/h7,9-11H,3-6,8,16H2,1-2H3. The smallest absolute Gasteiger partial charge is 0.149 e. The van der Waals surface area contributed by atoms with Gasteiger partial charge in [-0.25, -0.2) is 4.39 Å². The Labute approximate surface area is 103 Å². The van der Waals surface area contributed by atoms with Crippen molar-refractivity contribution in [1.82, 2.24) is 0 Å². The molecule has 17 heavy (non-hydrogen) atoms. The lowest BCUT2D eigenvalue weighted by molar-refractivity contribution is 0.207. The number of hydrogen-bond donors (Lipinski definition) is 1. The van der Waals surface area contributed by atoms with Gasteiger partial charge in [0.2, 0.25) is 0 Å². The minimum absolute atomic E-state index is 0.0796. The second-order valence-corrected chi connectivity index (χ2v) is 4.43. The van der Waals surface area contributed by atoms with Gasteiger partial charge in [0.05, 0.1) is 6.10 Å². The SMILES string of the molecule is CCCCCCC(C)Oc1cccc(F)c1N. The van der Waals surface area contributed by atoms with Crippen molar-refractivity contribution in [2.45, 2.75) is 52.1 Å². The topological polar surface area (TPSA) is 35.2 Å². The number of nitrogens with two attached hydrogens (primary N) is 1. The highest BCUT2D eigenvalue weighted by molar-refractivity contribution is 5.53. The van der Waals surface area contributed by atoms with Gasteiger partial charge in [-0.1, -0.05) is 32.3 Å². The van der Waals surface area contributed by atoms with Crippen molar-refractivity contribution >= 4 is 5.69 Å². The molecule has 96 valence electrons. The van der Waals surface area contributed by atoms with Gasteiger partial charge in [0.1, 0.15) is 17.3 Å². The molecule has 1 rings (SSSR count). The van der Waals surface area contributed by atoms with Crippen LogP contribution >= 0.6 is 0 Å². The average Bonchev–Trinajstić information content (AvgIpc) is 2.31. The molecule has 0 saturated heterocycles. The fourth-order valence-electron chi connectivity index (χ4n) is 1.75. The highest BCUT2D eigenvalue weighted by Crippen LogP contribution is 2.25. The third kappa shape index (κ3) is 4.63. The van der Waals surface area contributed by atoms with E-state index >= 15 is 0 Å². The van der Waals surface area contributed by atoms with E-state index < -0.39 is 5.82 Å². The van der Waals surface area contributed by atoms with Gasteiger partial charge in [-0.2, -0.15) is 0 Å². The number of rotatable bonds is 7. The van der Waals surface area contributed by atoms with E-state index in [0.29, 0.717) is 5.75 Å². The molecule has 1 aromatic rings. The summed E-state index contributed by atoms with van der Waals surface area (Å²) in [5.41, 5.74) is 5.71. The molecular weight excluding hydrogens is 217 g/mol. The number of nitrogen functional groups attached to an aromatic ring is 1. The van der Waals surface area contributed by atoms with Crippen molar-refractivity contribution in [1.29, 1.82) is 0 Å². The average molecular weight is 239 g/mol. The van der Waals surface area contributed by atoms with Crippen LogP contribution in [0.15, 0.2) is 18.2 Å². The summed E-state index contributed by atoms with van der Waals surface area (Å²) in [5, 5.41) is 0. The molecule has 0 bridgehead atoms. The van der Waals surface area contributed by atoms with E-state index in [-0.39, 0.29) is 11.8 Å². The minimum Gasteiger partial charge on any atom is -0.488 e. The Hall–Kier alpha value is -1.25. The minimum atomic E-state index is -0.416. The van der Waals surface area contributed by atoms with Crippen LogP contribution in [-0.2, 0) is 0 Å². The Bertz CT molecular complexity index is 341. The van der Waals surface area contributed by atoms with E-state index in [1.54, 1.807) is 12.1 Å². The Balaban J connectivity index is 2.39. The third-order valence-electron chi connectivity index (χ3n) is 2.81. The molecule has 1 unspecified atom stereocenters. The van der Waals surface area contributed by atoms with E-state index in [4.69, 9.17) is 10.5 Å². The van der Waals surface area contributed by atoms with Crippen molar-refractivity contribution in [3.05, 3.63) is 24.0 Å². The van der Waals surface area contributed by atoms with Crippen LogP contribution in [0.1, 0.15) is 46.0 Å². The Kier molecular flexibility index (Phi) is 5.81. The zero-order valence-electron chi connectivity index (χ0n) is 10.7. The fourth-order valence-corrected chi connectivity index (χ4v) is 1.75. The predicted molar refractivity (Wildman–Crippen MR) is 69.7 cm³/mol. The van der Waals surface area contributed by atoms with E-state index in [9.17, 15) is 4.39 Å². The van der Waals surface area contributed by atoms with Gasteiger partial charge >= 0.3 is 0 Å². The van der Waals surface area contributed by atoms with Gasteiger partial charge < -0.3 is 10.5 Å². The molecule has 0 heterocycles. The van der Waals surface area contributed by atoms with Crippen molar-refractivity contribution in [2.24, 2.45) is 0 Å². The zero-order valence-corrected chi connectivity index (χ0v) is 10.7. The molecule has 0 spiro atoms. The number of para-hydroxylation sites is 1. The van der Waals surface area contributed by atoms with Gasteiger partial charge in [0.25, 0.3) is 0 Å². The first-order chi connectivity index (χ1) is 8.15. The van der Waals surface area contributed by atoms with E-state index in [1.807, 2.05) is 6.92 Å². The number of halogens is 1. The lowest BCUT2D eigenvalue weighted by Crippen LogP contribution is -2.13. The number of unbranched alkanes of at least 4 members (excludes halogenated alkanes) is 3. The molecule has 0 saturated carbocycles. The summed E-state index contributed by atoms with van der Waals surface area (Å²) in [5.74, 6) is 0.0358. The first-order valence-electron chi connectivity index (χ1n) is 6.35. The van der Waals surface area contributed by atoms with Crippen LogP contribution in [0.25, 0.3) is 0 Å². The van der Waals surface area contributed by atoms with Gasteiger partial charge in [-0.05, 0) is 31.9 Å². The first kappa shape index (κ1) is 13.8. The number of ether oxygens (including phenoxy) is 1. The van der Waals surface area contributed by atoms with Crippen LogP contribution in [0, 0.1) is 5.82 Å². The van der Waals surface area contributed by atoms with Crippen LogP contribution < -0.4 is 10.5 Å². The largest absolute Gasteiger partial charge is 0.488 e. The summed E-state index contributed by atoms with van der Waals surface area (Å²) in [7, 11) is 0. The predicted octanol–water partition coefficient (Wildman–Crippen LogP) is 4.15. The molecule has 0 fully saturated rings. The summed E-state index contributed by atoms with van der Waals surface area (Å²) in [6.45, 7) is 4.18. The second-order valence-electron chi connectivity index (χ2n) is 4.43. The van der Waals surface area contributed by atoms with E-state index in [2.05, 4.69) is 6.92 Å². The Morgan fingerprint density at radius 3 is 2.76 bits per heavy atom. The second kappa shape index (κ2) is 7.15. The van der Waals surface area contributed by atoms with E-state index in [0.717, 1.165) is 12.8 Å². The maximum Gasteiger partial charge on any atom is 0.149 e. The monoisotopic (exact) mass is 239 g/mol. The molecule has 2 nitrogen and oxygen atoms in total. The normalized spacial score (nSPS) is 12.4. The van der Waals surface area contributed by atoms with Gasteiger partial charge in [0, 0.05) is 0 Å². The molecule has 0 aliphatic heterocycles. The van der Waals surface area contributed by atoms with Crippen LogP contribution in [-0.4, -0.2) is 6.10 Å². The molecular formula is C14H22FNO. The summed E-state index contributed by atoms with van der Waals surface area (Å²) < 4.78 is 18.8. The lowest BCUT2D eigenvalue weighted by atomic mass is 10.1. The van der Waals surface area contributed by atoms with Crippen molar-refractivity contribution in [2.75, 3.05) is 5.73 Å². The zero-order chi connectivity index (χ0) is 12.7. The number of anilines is 1. The number of hydrogen-bond acceptors (Lipinski definition) is 2. The first-order valence-corrected chi connectivity index (χ1v) is 6.35. The molecule has 3 heteroatoms. The summed E-state index contributed by atoms with van der Waals surface area (Å²) >= 11 is 0. The maximum atomic E-state index is 13.2. The Morgan fingerprint density at radius 1 is 1.29 bits per heavy atom. The molecule has 0 amide bonds. The van der Waals surface area contributed by atoms with Crippen LogP contribution in [0.3, 0.4) is 0 Å². The van der Waals surface area contributed by atoms with Crippen LogP contribution in [0.4, 0.5) is 10.1 Å². The quantitative estimate of drug-likeness (QED) is 0.573. The molecule has 2 N–H and O–H groups in total. The Morgan fingerprint density at radius 2 is 2.06 bits per heavy atom. The van der Waals surface area contributed by atoms with Crippen LogP contribution in [0.5, 0.6) is 5.75 Å². The molecule has 0 aliphatic carbocycles.